The largest absolute Gasteiger partial charge is 0.455 e. The van der Waals surface area contributed by atoms with Gasteiger partial charge in [0.05, 0.1) is 17.5 Å². The summed E-state index contributed by atoms with van der Waals surface area (Å²) in [5.41, 5.74) is 8.71. The molecular weight excluding hydrogens is 376 g/mol. The Morgan fingerprint density at radius 3 is 2.60 bits per heavy atom. The Labute approximate surface area is 173 Å². The lowest BCUT2D eigenvalue weighted by molar-refractivity contribution is 0.100. The van der Waals surface area contributed by atoms with Gasteiger partial charge in [-0.2, -0.15) is 5.26 Å². The van der Waals surface area contributed by atoms with E-state index in [-0.39, 0.29) is 0 Å². The van der Waals surface area contributed by atoms with E-state index in [2.05, 4.69) is 11.1 Å². The van der Waals surface area contributed by atoms with Crippen molar-refractivity contribution in [1.29, 1.82) is 5.26 Å². The van der Waals surface area contributed by atoms with Crippen molar-refractivity contribution < 1.29 is 9.53 Å². The molecule has 3 aromatic carbocycles. The van der Waals surface area contributed by atoms with E-state index < -0.39 is 5.91 Å². The molecule has 0 fully saturated rings. The Morgan fingerprint density at radius 1 is 1.07 bits per heavy atom. The summed E-state index contributed by atoms with van der Waals surface area (Å²) in [5.74, 6) is 0.316. The van der Waals surface area contributed by atoms with Crippen LogP contribution in [0.4, 0.5) is 0 Å². The summed E-state index contributed by atoms with van der Waals surface area (Å²) in [7, 11) is 0. The van der Waals surface area contributed by atoms with Crippen LogP contribution in [-0.4, -0.2) is 15.5 Å². The number of hydrogen-bond acceptors (Lipinski definition) is 4. The second-order valence-corrected chi connectivity index (χ2v) is 6.69. The molecule has 0 aliphatic carbocycles. The number of carbonyl (C=O) groups excluding carboxylic acids is 1. The topological polar surface area (TPSA) is 93.9 Å². The quantitative estimate of drug-likeness (QED) is 0.526. The highest BCUT2D eigenvalue weighted by molar-refractivity contribution is 6.01. The van der Waals surface area contributed by atoms with Gasteiger partial charge in [-0.1, -0.05) is 42.5 Å². The monoisotopic (exact) mass is 394 g/mol. The number of aromatic nitrogens is 2. The number of carbonyl (C=O) groups is 1. The number of nitrogens with two attached hydrogens (primary N) is 1. The summed E-state index contributed by atoms with van der Waals surface area (Å²) in [6, 6.07) is 22.1. The Morgan fingerprint density at radius 2 is 1.90 bits per heavy atom. The van der Waals surface area contributed by atoms with Crippen LogP contribution in [0, 0.1) is 11.3 Å². The second-order valence-electron chi connectivity index (χ2n) is 6.69. The average Bonchev–Trinajstić information content (AvgIpc) is 3.27. The molecular formula is C24H18N4O2. The van der Waals surface area contributed by atoms with Gasteiger partial charge in [0, 0.05) is 24.5 Å². The molecule has 6 heteroatoms. The third kappa shape index (κ3) is 3.91. The summed E-state index contributed by atoms with van der Waals surface area (Å²) >= 11 is 0. The molecule has 0 saturated carbocycles. The number of hydrogen-bond donors (Lipinski definition) is 1. The number of rotatable bonds is 6. The fraction of sp³-hybridized carbons (Fsp3) is 0.0417. The summed E-state index contributed by atoms with van der Waals surface area (Å²) in [6.45, 7) is 0.592. The van der Waals surface area contributed by atoms with Gasteiger partial charge in [-0.15, -0.1) is 0 Å². The van der Waals surface area contributed by atoms with Crippen molar-refractivity contribution in [3.8, 4) is 28.7 Å². The third-order valence-electron chi connectivity index (χ3n) is 4.66. The smallest absolute Gasteiger partial charge is 0.249 e. The van der Waals surface area contributed by atoms with Gasteiger partial charge in [0.1, 0.15) is 17.6 Å². The minimum Gasteiger partial charge on any atom is -0.455 e. The molecule has 0 unspecified atom stereocenters. The minimum atomic E-state index is -0.548. The highest BCUT2D eigenvalue weighted by Gasteiger charge is 2.17. The molecule has 0 saturated heterocycles. The average molecular weight is 394 g/mol. The molecule has 4 rings (SSSR count). The molecule has 146 valence electrons. The number of benzene rings is 3. The van der Waals surface area contributed by atoms with Crippen LogP contribution >= 0.6 is 0 Å². The van der Waals surface area contributed by atoms with Crippen molar-refractivity contribution in [1.82, 2.24) is 9.55 Å². The SMILES string of the molecule is N#Cc1ccc(Cn2ccnc2)cc1Oc1cccc(C(N)=O)c1-c1ccccc1. The fourth-order valence-electron chi connectivity index (χ4n) is 3.28. The highest BCUT2D eigenvalue weighted by Crippen LogP contribution is 2.37. The maximum Gasteiger partial charge on any atom is 0.249 e. The van der Waals surface area contributed by atoms with E-state index >= 15 is 0 Å². The summed E-state index contributed by atoms with van der Waals surface area (Å²) in [4.78, 5) is 16.1. The van der Waals surface area contributed by atoms with E-state index in [9.17, 15) is 10.1 Å². The Hall–Kier alpha value is -4.37. The van der Waals surface area contributed by atoms with Gasteiger partial charge >= 0.3 is 0 Å². The Bertz CT molecular complexity index is 1230. The first-order valence-corrected chi connectivity index (χ1v) is 9.30. The lowest BCUT2D eigenvalue weighted by Crippen LogP contribution is -2.12. The number of nitrogens with zero attached hydrogens (tertiary/aromatic N) is 3. The molecule has 6 nitrogen and oxygen atoms in total. The van der Waals surface area contributed by atoms with E-state index in [1.165, 1.54) is 0 Å². The van der Waals surface area contributed by atoms with Crippen molar-refractivity contribution in [2.45, 2.75) is 6.54 Å². The molecule has 0 radical (unpaired) electrons. The van der Waals surface area contributed by atoms with Crippen molar-refractivity contribution in [3.63, 3.8) is 0 Å². The van der Waals surface area contributed by atoms with Gasteiger partial charge in [-0.3, -0.25) is 4.79 Å². The van der Waals surface area contributed by atoms with Crippen molar-refractivity contribution in [3.05, 3.63) is 102 Å². The summed E-state index contributed by atoms with van der Waals surface area (Å²) in [5, 5.41) is 9.55. The zero-order valence-corrected chi connectivity index (χ0v) is 16.0. The number of ether oxygens (including phenoxy) is 1. The van der Waals surface area contributed by atoms with Crippen LogP contribution in [0.5, 0.6) is 11.5 Å². The van der Waals surface area contributed by atoms with Gasteiger partial charge in [0.25, 0.3) is 0 Å². The zero-order valence-electron chi connectivity index (χ0n) is 16.0. The van der Waals surface area contributed by atoms with Crippen LogP contribution in [0.1, 0.15) is 21.5 Å². The molecule has 0 aliphatic rings. The number of imidazole rings is 1. The fourth-order valence-corrected chi connectivity index (χ4v) is 3.28. The molecule has 30 heavy (non-hydrogen) atoms. The Kier molecular flexibility index (Phi) is 5.27. The van der Waals surface area contributed by atoms with Gasteiger partial charge in [0.2, 0.25) is 5.91 Å². The van der Waals surface area contributed by atoms with Crippen molar-refractivity contribution in [2.75, 3.05) is 0 Å². The molecule has 1 heterocycles. The van der Waals surface area contributed by atoms with Crippen LogP contribution in [-0.2, 0) is 6.54 Å². The number of amides is 1. The predicted molar refractivity (Wildman–Crippen MR) is 113 cm³/mol. The molecule has 1 aromatic heterocycles. The lowest BCUT2D eigenvalue weighted by Gasteiger charge is -2.16. The van der Waals surface area contributed by atoms with E-state index in [4.69, 9.17) is 10.5 Å². The maximum atomic E-state index is 12.1. The summed E-state index contributed by atoms with van der Waals surface area (Å²) < 4.78 is 8.11. The second kappa shape index (κ2) is 8.33. The number of primary amides is 1. The minimum absolute atomic E-state index is 0.353. The van der Waals surface area contributed by atoms with Crippen LogP contribution in [0.15, 0.2) is 85.5 Å². The van der Waals surface area contributed by atoms with Gasteiger partial charge in [-0.05, 0) is 35.4 Å². The van der Waals surface area contributed by atoms with Crippen LogP contribution in [0.25, 0.3) is 11.1 Å². The molecule has 4 aromatic rings. The lowest BCUT2D eigenvalue weighted by atomic mass is 9.98. The predicted octanol–water partition coefficient (Wildman–Crippen LogP) is 4.36. The van der Waals surface area contributed by atoms with E-state index in [1.807, 2.05) is 53.2 Å². The highest BCUT2D eigenvalue weighted by atomic mass is 16.5. The van der Waals surface area contributed by atoms with Gasteiger partial charge in [0.15, 0.2) is 0 Å². The van der Waals surface area contributed by atoms with Crippen LogP contribution < -0.4 is 10.5 Å². The summed E-state index contributed by atoms with van der Waals surface area (Å²) in [6.07, 6.45) is 5.30. The van der Waals surface area contributed by atoms with Crippen molar-refractivity contribution in [2.24, 2.45) is 5.73 Å². The molecule has 0 spiro atoms. The molecule has 0 atom stereocenters. The van der Waals surface area contributed by atoms with Gasteiger partial charge in [-0.25, -0.2) is 4.98 Å². The molecule has 0 bridgehead atoms. The van der Waals surface area contributed by atoms with Gasteiger partial charge < -0.3 is 15.0 Å². The van der Waals surface area contributed by atoms with E-state index in [0.717, 1.165) is 11.1 Å². The van der Waals surface area contributed by atoms with E-state index in [1.54, 1.807) is 36.8 Å². The standard InChI is InChI=1S/C24H18N4O2/c25-14-19-10-9-17(15-28-12-11-27-16-28)13-22(19)30-21-8-4-7-20(24(26)29)23(21)18-5-2-1-3-6-18/h1-13,16H,15H2,(H2,26,29). The first kappa shape index (κ1) is 19.0. The normalized spacial score (nSPS) is 10.4. The van der Waals surface area contributed by atoms with Crippen LogP contribution in [0.3, 0.4) is 0 Å². The van der Waals surface area contributed by atoms with E-state index in [0.29, 0.717) is 34.7 Å². The molecule has 0 aliphatic heterocycles. The zero-order chi connectivity index (χ0) is 20.9. The number of nitriles is 1. The molecule has 1 amide bonds. The third-order valence-corrected chi connectivity index (χ3v) is 4.66. The van der Waals surface area contributed by atoms with Crippen LogP contribution in [0.2, 0.25) is 0 Å². The Balaban J connectivity index is 1.78. The first-order valence-electron chi connectivity index (χ1n) is 9.30. The molecule has 2 N–H and O–H groups in total. The first-order chi connectivity index (χ1) is 14.7. The maximum absolute atomic E-state index is 12.1. The van der Waals surface area contributed by atoms with Crippen molar-refractivity contribution >= 4 is 5.91 Å².